The SMILES string of the molecule is CC1(O)CCN(C(=O)N2C3CCC2CC(CC(=O)O)C3)C1. The molecule has 3 aliphatic heterocycles. The van der Waals surface area contributed by atoms with Crippen LogP contribution in [0.5, 0.6) is 0 Å². The molecule has 0 aromatic heterocycles. The number of aliphatic carboxylic acids is 1. The lowest BCUT2D eigenvalue weighted by atomic mass is 9.88. The molecule has 3 heterocycles. The minimum atomic E-state index is -0.768. The summed E-state index contributed by atoms with van der Waals surface area (Å²) in [6.45, 7) is 2.79. The van der Waals surface area contributed by atoms with Crippen LogP contribution in [0, 0.1) is 5.92 Å². The number of β-amino-alcohol motifs (C(OH)–C–C–N with tert-alkyl or cyclic N) is 1. The number of hydrogen-bond acceptors (Lipinski definition) is 3. The minimum Gasteiger partial charge on any atom is -0.481 e. The van der Waals surface area contributed by atoms with Gasteiger partial charge in [-0.05, 0) is 44.9 Å². The van der Waals surface area contributed by atoms with Gasteiger partial charge in [-0.2, -0.15) is 0 Å². The third-order valence-corrected chi connectivity index (χ3v) is 5.24. The van der Waals surface area contributed by atoms with Gasteiger partial charge in [-0.25, -0.2) is 4.79 Å². The molecule has 0 aromatic rings. The Kier molecular flexibility index (Phi) is 3.59. The molecule has 2 bridgehead atoms. The zero-order valence-electron chi connectivity index (χ0n) is 12.5. The van der Waals surface area contributed by atoms with Gasteiger partial charge in [-0.1, -0.05) is 0 Å². The van der Waals surface area contributed by atoms with Gasteiger partial charge in [0.2, 0.25) is 0 Å². The maximum atomic E-state index is 12.7. The van der Waals surface area contributed by atoms with Crippen LogP contribution >= 0.6 is 0 Å². The summed E-state index contributed by atoms with van der Waals surface area (Å²) < 4.78 is 0. The summed E-state index contributed by atoms with van der Waals surface area (Å²) in [6, 6.07) is 0.409. The molecular weight excluding hydrogens is 272 g/mol. The highest BCUT2D eigenvalue weighted by Gasteiger charge is 2.46. The highest BCUT2D eigenvalue weighted by atomic mass is 16.4. The Hall–Kier alpha value is -1.30. The molecule has 0 aromatic carbocycles. The molecule has 0 spiro atoms. The second kappa shape index (κ2) is 5.16. The Morgan fingerprint density at radius 1 is 1.24 bits per heavy atom. The number of carboxylic acid groups (broad SMARTS) is 1. The fourth-order valence-corrected chi connectivity index (χ4v) is 4.29. The van der Waals surface area contributed by atoms with Crippen molar-refractivity contribution in [1.82, 2.24) is 9.80 Å². The third kappa shape index (κ3) is 2.86. The summed E-state index contributed by atoms with van der Waals surface area (Å²) in [6.07, 6.45) is 4.42. The Labute approximate surface area is 124 Å². The van der Waals surface area contributed by atoms with Gasteiger partial charge in [-0.3, -0.25) is 4.79 Å². The molecule has 21 heavy (non-hydrogen) atoms. The molecule has 118 valence electrons. The summed E-state index contributed by atoms with van der Waals surface area (Å²) in [4.78, 5) is 27.3. The van der Waals surface area contributed by atoms with E-state index in [0.717, 1.165) is 25.7 Å². The number of hydrogen-bond donors (Lipinski definition) is 2. The molecular formula is C15H24N2O4. The lowest BCUT2D eigenvalue weighted by molar-refractivity contribution is -0.138. The molecule has 3 fully saturated rings. The summed E-state index contributed by atoms with van der Waals surface area (Å²) in [5.74, 6) is -0.541. The van der Waals surface area contributed by atoms with Gasteiger partial charge in [0.1, 0.15) is 0 Å². The highest BCUT2D eigenvalue weighted by Crippen LogP contribution is 2.41. The molecule has 3 unspecified atom stereocenters. The number of rotatable bonds is 2. The van der Waals surface area contributed by atoms with E-state index >= 15 is 0 Å². The van der Waals surface area contributed by atoms with E-state index in [4.69, 9.17) is 5.11 Å². The van der Waals surface area contributed by atoms with E-state index in [9.17, 15) is 14.7 Å². The van der Waals surface area contributed by atoms with Crippen LogP contribution in [0.2, 0.25) is 0 Å². The molecule has 6 nitrogen and oxygen atoms in total. The maximum Gasteiger partial charge on any atom is 0.320 e. The Morgan fingerprint density at radius 2 is 1.86 bits per heavy atom. The average molecular weight is 296 g/mol. The van der Waals surface area contributed by atoms with E-state index in [-0.39, 0.29) is 30.5 Å². The first-order valence-electron chi connectivity index (χ1n) is 7.87. The summed E-state index contributed by atoms with van der Waals surface area (Å²) >= 11 is 0. The number of urea groups is 1. The molecule has 3 atom stereocenters. The zero-order valence-corrected chi connectivity index (χ0v) is 12.5. The first-order valence-corrected chi connectivity index (χ1v) is 7.87. The molecule has 0 radical (unpaired) electrons. The predicted molar refractivity (Wildman–Crippen MR) is 75.8 cm³/mol. The molecule has 0 aliphatic carbocycles. The van der Waals surface area contributed by atoms with Gasteiger partial charge in [0.05, 0.1) is 12.1 Å². The van der Waals surface area contributed by atoms with Crippen molar-refractivity contribution in [1.29, 1.82) is 0 Å². The summed E-state index contributed by atoms with van der Waals surface area (Å²) in [7, 11) is 0. The molecule has 2 N–H and O–H groups in total. The normalized spacial score (nSPS) is 38.9. The molecule has 6 heteroatoms. The number of likely N-dealkylation sites (tertiary alicyclic amines) is 1. The highest BCUT2D eigenvalue weighted by molar-refractivity contribution is 5.76. The van der Waals surface area contributed by atoms with Crippen LogP contribution in [0.4, 0.5) is 4.79 Å². The quantitative estimate of drug-likeness (QED) is 0.804. The van der Waals surface area contributed by atoms with Crippen LogP contribution in [0.15, 0.2) is 0 Å². The number of amides is 2. The van der Waals surface area contributed by atoms with Crippen molar-refractivity contribution in [3.63, 3.8) is 0 Å². The van der Waals surface area contributed by atoms with Crippen molar-refractivity contribution in [2.75, 3.05) is 13.1 Å². The van der Waals surface area contributed by atoms with Crippen LogP contribution in [0.25, 0.3) is 0 Å². The van der Waals surface area contributed by atoms with Gasteiger partial charge in [0.15, 0.2) is 0 Å². The number of aliphatic hydroxyl groups is 1. The van der Waals surface area contributed by atoms with Crippen molar-refractivity contribution in [2.24, 2.45) is 5.92 Å². The Morgan fingerprint density at radius 3 is 2.33 bits per heavy atom. The Bertz CT molecular complexity index is 437. The number of carboxylic acids is 1. The topological polar surface area (TPSA) is 81.1 Å². The first-order chi connectivity index (χ1) is 9.85. The standard InChI is InChI=1S/C15H24N2O4/c1-15(21)4-5-16(9-15)14(20)17-11-2-3-12(17)7-10(6-11)8-13(18)19/h10-12,21H,2-9H2,1H3,(H,18,19). The van der Waals surface area contributed by atoms with Gasteiger partial charge in [0, 0.05) is 25.0 Å². The fourth-order valence-electron chi connectivity index (χ4n) is 4.29. The van der Waals surface area contributed by atoms with E-state index < -0.39 is 11.6 Å². The van der Waals surface area contributed by atoms with Gasteiger partial charge in [-0.15, -0.1) is 0 Å². The molecule has 2 amide bonds. The van der Waals surface area contributed by atoms with Gasteiger partial charge >= 0.3 is 12.0 Å². The van der Waals surface area contributed by atoms with E-state index in [1.54, 1.807) is 11.8 Å². The third-order valence-electron chi connectivity index (χ3n) is 5.24. The Balaban J connectivity index is 1.65. The van der Waals surface area contributed by atoms with Crippen LogP contribution in [0.1, 0.15) is 45.4 Å². The second-order valence-electron chi connectivity index (χ2n) is 7.18. The number of carbonyl (C=O) groups is 2. The number of nitrogens with zero attached hydrogens (tertiary/aromatic N) is 2. The number of piperidine rings is 1. The summed E-state index contributed by atoms with van der Waals surface area (Å²) in [5.41, 5.74) is -0.768. The maximum absolute atomic E-state index is 12.7. The largest absolute Gasteiger partial charge is 0.481 e. The number of fused-ring (bicyclic) bond motifs is 2. The molecule has 3 aliphatic rings. The van der Waals surface area contributed by atoms with Gasteiger partial charge in [0.25, 0.3) is 0 Å². The first kappa shape index (κ1) is 14.6. The van der Waals surface area contributed by atoms with Crippen molar-refractivity contribution in [2.45, 2.75) is 63.1 Å². The smallest absolute Gasteiger partial charge is 0.320 e. The van der Waals surface area contributed by atoms with E-state index in [0.29, 0.717) is 19.5 Å². The van der Waals surface area contributed by atoms with Crippen LogP contribution in [-0.2, 0) is 4.79 Å². The van der Waals surface area contributed by atoms with Crippen LogP contribution in [-0.4, -0.2) is 62.8 Å². The van der Waals surface area contributed by atoms with E-state index in [1.807, 2.05) is 4.90 Å². The molecule has 3 saturated heterocycles. The zero-order chi connectivity index (χ0) is 15.2. The van der Waals surface area contributed by atoms with Crippen molar-refractivity contribution in [3.8, 4) is 0 Å². The summed E-state index contributed by atoms with van der Waals surface area (Å²) in [5, 5.41) is 19.0. The lowest BCUT2D eigenvalue weighted by Gasteiger charge is -2.40. The van der Waals surface area contributed by atoms with Crippen LogP contribution in [0.3, 0.4) is 0 Å². The van der Waals surface area contributed by atoms with E-state index in [2.05, 4.69) is 0 Å². The number of carbonyl (C=O) groups excluding carboxylic acids is 1. The monoisotopic (exact) mass is 296 g/mol. The lowest BCUT2D eigenvalue weighted by Crippen LogP contribution is -2.52. The van der Waals surface area contributed by atoms with Crippen molar-refractivity contribution in [3.05, 3.63) is 0 Å². The molecule has 3 rings (SSSR count). The second-order valence-corrected chi connectivity index (χ2v) is 7.18. The molecule has 0 saturated carbocycles. The predicted octanol–water partition coefficient (Wildman–Crippen LogP) is 1.28. The minimum absolute atomic E-state index is 0.0362. The van der Waals surface area contributed by atoms with E-state index in [1.165, 1.54) is 0 Å². The van der Waals surface area contributed by atoms with Crippen LogP contribution < -0.4 is 0 Å². The van der Waals surface area contributed by atoms with Crippen molar-refractivity contribution < 1.29 is 19.8 Å². The average Bonchev–Trinajstić information content (AvgIpc) is 2.86. The fraction of sp³-hybridized carbons (Fsp3) is 0.867. The van der Waals surface area contributed by atoms with Crippen molar-refractivity contribution >= 4 is 12.0 Å². The van der Waals surface area contributed by atoms with Gasteiger partial charge < -0.3 is 20.0 Å².